The van der Waals surface area contributed by atoms with E-state index in [1.165, 1.54) is 8.61 Å². The summed E-state index contributed by atoms with van der Waals surface area (Å²) in [5, 5.41) is 5.82. The van der Waals surface area contributed by atoms with Crippen molar-refractivity contribution >= 4 is 16.1 Å². The highest BCUT2D eigenvalue weighted by atomic mass is 32.2. The molecule has 0 spiro atoms. The predicted molar refractivity (Wildman–Crippen MR) is 67.2 cm³/mol. The van der Waals surface area contributed by atoms with E-state index in [0.29, 0.717) is 39.3 Å². The zero-order valence-electron chi connectivity index (χ0n) is 10.8. The first-order chi connectivity index (χ1) is 8.37. The van der Waals surface area contributed by atoms with Gasteiger partial charge in [-0.2, -0.15) is 17.0 Å². The van der Waals surface area contributed by atoms with Gasteiger partial charge < -0.3 is 10.6 Å². The lowest BCUT2D eigenvalue weighted by Crippen LogP contribution is -2.66. The van der Waals surface area contributed by atoms with Crippen molar-refractivity contribution in [2.75, 3.05) is 39.3 Å². The monoisotopic (exact) mass is 276 g/mol. The Morgan fingerprint density at radius 3 is 2.33 bits per heavy atom. The summed E-state index contributed by atoms with van der Waals surface area (Å²) in [7, 11) is -3.56. The minimum absolute atomic E-state index is 0.243. The first-order valence-electron chi connectivity index (χ1n) is 6.14. The summed E-state index contributed by atoms with van der Waals surface area (Å²) in [6, 6.07) is 0. The molecule has 0 saturated carbocycles. The summed E-state index contributed by atoms with van der Waals surface area (Å²) in [5.74, 6) is -0.243. The van der Waals surface area contributed by atoms with E-state index in [1.54, 1.807) is 13.8 Å². The number of carbonyl (C=O) groups is 1. The summed E-state index contributed by atoms with van der Waals surface area (Å²) in [6.07, 6.45) is 0. The third kappa shape index (κ3) is 2.25. The van der Waals surface area contributed by atoms with E-state index in [9.17, 15) is 13.2 Å². The van der Waals surface area contributed by atoms with Crippen LogP contribution in [-0.4, -0.2) is 67.7 Å². The molecule has 0 unspecified atom stereocenters. The van der Waals surface area contributed by atoms with Crippen LogP contribution in [0.2, 0.25) is 0 Å². The molecule has 2 saturated heterocycles. The van der Waals surface area contributed by atoms with Gasteiger partial charge in [0.2, 0.25) is 5.91 Å². The van der Waals surface area contributed by atoms with Crippen molar-refractivity contribution < 1.29 is 13.2 Å². The lowest BCUT2D eigenvalue weighted by molar-refractivity contribution is -0.131. The van der Waals surface area contributed by atoms with Crippen LogP contribution in [0.15, 0.2) is 0 Å². The summed E-state index contributed by atoms with van der Waals surface area (Å²) in [5.41, 5.74) is -1.03. The van der Waals surface area contributed by atoms with Gasteiger partial charge in [-0.15, -0.1) is 0 Å². The molecule has 0 aromatic carbocycles. The molecule has 2 heterocycles. The fourth-order valence-corrected chi connectivity index (χ4v) is 4.20. The summed E-state index contributed by atoms with van der Waals surface area (Å²) < 4.78 is 27.8. The van der Waals surface area contributed by atoms with Crippen LogP contribution >= 0.6 is 0 Å². The second-order valence-electron chi connectivity index (χ2n) is 5.04. The highest BCUT2D eigenvalue weighted by Gasteiger charge is 2.46. The number of carbonyl (C=O) groups excluding carboxylic acids is 1. The molecule has 2 N–H and O–H groups in total. The van der Waals surface area contributed by atoms with Crippen LogP contribution in [0.25, 0.3) is 0 Å². The van der Waals surface area contributed by atoms with Gasteiger partial charge in [0.05, 0.1) is 0 Å². The molecule has 2 aliphatic heterocycles. The lowest BCUT2D eigenvalue weighted by atomic mass is 10.0. The molecule has 0 aromatic heterocycles. The standard InChI is InChI=1S/C10H20N4O3S/c1-10(2)9(15)12-5-8-14(10)18(16,17)13-6-3-11-4-7-13/h11H,3-8H2,1-2H3,(H,12,15). The molecule has 0 radical (unpaired) electrons. The van der Waals surface area contributed by atoms with Crippen molar-refractivity contribution in [1.82, 2.24) is 19.2 Å². The fraction of sp³-hybridized carbons (Fsp3) is 0.900. The molecule has 104 valence electrons. The van der Waals surface area contributed by atoms with Crippen LogP contribution in [0.1, 0.15) is 13.8 Å². The summed E-state index contributed by atoms with van der Waals surface area (Å²) in [6.45, 7) is 6.19. The molecule has 0 aliphatic carbocycles. The molecule has 2 rings (SSSR count). The zero-order chi connectivity index (χ0) is 13.4. The average molecular weight is 276 g/mol. The topological polar surface area (TPSA) is 81.8 Å². The van der Waals surface area contributed by atoms with E-state index in [-0.39, 0.29) is 5.91 Å². The van der Waals surface area contributed by atoms with E-state index >= 15 is 0 Å². The Kier molecular flexibility index (Phi) is 3.63. The van der Waals surface area contributed by atoms with Crippen LogP contribution in [-0.2, 0) is 15.0 Å². The highest BCUT2D eigenvalue weighted by molar-refractivity contribution is 7.86. The van der Waals surface area contributed by atoms with Crippen LogP contribution in [0.3, 0.4) is 0 Å². The summed E-state index contributed by atoms with van der Waals surface area (Å²) in [4.78, 5) is 11.8. The number of nitrogens with zero attached hydrogens (tertiary/aromatic N) is 2. The maximum Gasteiger partial charge on any atom is 0.283 e. The zero-order valence-corrected chi connectivity index (χ0v) is 11.6. The van der Waals surface area contributed by atoms with Crippen LogP contribution < -0.4 is 10.6 Å². The van der Waals surface area contributed by atoms with Gasteiger partial charge in [0.25, 0.3) is 10.2 Å². The SMILES string of the molecule is CC1(C)C(=O)NCCN1S(=O)(=O)N1CCNCC1. The minimum Gasteiger partial charge on any atom is -0.353 e. The molecule has 7 nitrogen and oxygen atoms in total. The Morgan fingerprint density at radius 2 is 1.72 bits per heavy atom. The Hall–Kier alpha value is -0.700. The quantitative estimate of drug-likeness (QED) is 0.633. The van der Waals surface area contributed by atoms with Gasteiger partial charge >= 0.3 is 0 Å². The number of amides is 1. The second kappa shape index (κ2) is 4.76. The first kappa shape index (κ1) is 13.7. The molecule has 1 amide bonds. The van der Waals surface area contributed by atoms with Gasteiger partial charge in [-0.3, -0.25) is 4.79 Å². The van der Waals surface area contributed by atoms with Crippen molar-refractivity contribution in [1.29, 1.82) is 0 Å². The van der Waals surface area contributed by atoms with E-state index in [2.05, 4.69) is 10.6 Å². The molecule has 0 bridgehead atoms. The normalized spacial score (nSPS) is 26.9. The Bertz CT molecular complexity index is 428. The number of hydrogen-bond donors (Lipinski definition) is 2. The third-order valence-corrected chi connectivity index (χ3v) is 5.67. The van der Waals surface area contributed by atoms with Crippen molar-refractivity contribution in [2.24, 2.45) is 0 Å². The van der Waals surface area contributed by atoms with Gasteiger partial charge in [-0.25, -0.2) is 0 Å². The average Bonchev–Trinajstić information content (AvgIpc) is 2.33. The van der Waals surface area contributed by atoms with Crippen LogP contribution in [0, 0.1) is 0 Å². The van der Waals surface area contributed by atoms with Gasteiger partial charge in [-0.1, -0.05) is 0 Å². The third-order valence-electron chi connectivity index (χ3n) is 3.46. The maximum absolute atomic E-state index is 12.5. The second-order valence-corrected chi connectivity index (χ2v) is 6.90. The molecule has 0 aromatic rings. The maximum atomic E-state index is 12.5. The van der Waals surface area contributed by atoms with E-state index in [0.717, 1.165) is 0 Å². The number of nitrogens with one attached hydrogen (secondary N) is 2. The minimum atomic E-state index is -3.56. The number of piperazine rings is 2. The molecule has 18 heavy (non-hydrogen) atoms. The predicted octanol–water partition coefficient (Wildman–Crippen LogP) is -1.65. The van der Waals surface area contributed by atoms with Crippen LogP contribution in [0.5, 0.6) is 0 Å². The van der Waals surface area contributed by atoms with Gasteiger partial charge in [-0.05, 0) is 13.8 Å². The van der Waals surface area contributed by atoms with E-state index in [1.807, 2.05) is 0 Å². The van der Waals surface area contributed by atoms with Gasteiger partial charge in [0.15, 0.2) is 0 Å². The van der Waals surface area contributed by atoms with E-state index < -0.39 is 15.7 Å². The molecular formula is C10H20N4O3S. The molecule has 0 atom stereocenters. The molecule has 2 aliphatic rings. The van der Waals surface area contributed by atoms with Crippen molar-refractivity contribution in [3.05, 3.63) is 0 Å². The van der Waals surface area contributed by atoms with Crippen LogP contribution in [0.4, 0.5) is 0 Å². The smallest absolute Gasteiger partial charge is 0.283 e. The van der Waals surface area contributed by atoms with Gasteiger partial charge in [0.1, 0.15) is 5.54 Å². The Balaban J connectivity index is 2.25. The summed E-state index contributed by atoms with van der Waals surface area (Å²) >= 11 is 0. The Morgan fingerprint density at radius 1 is 1.11 bits per heavy atom. The number of rotatable bonds is 2. The Labute approximate surface area is 108 Å². The van der Waals surface area contributed by atoms with Gasteiger partial charge in [0, 0.05) is 39.3 Å². The van der Waals surface area contributed by atoms with Crippen molar-refractivity contribution in [3.8, 4) is 0 Å². The lowest BCUT2D eigenvalue weighted by Gasteiger charge is -2.42. The van der Waals surface area contributed by atoms with Crippen molar-refractivity contribution in [3.63, 3.8) is 0 Å². The number of hydrogen-bond acceptors (Lipinski definition) is 4. The first-order valence-corrected chi connectivity index (χ1v) is 7.53. The highest BCUT2D eigenvalue weighted by Crippen LogP contribution is 2.24. The molecule has 2 fully saturated rings. The largest absolute Gasteiger partial charge is 0.353 e. The van der Waals surface area contributed by atoms with Crippen molar-refractivity contribution in [2.45, 2.75) is 19.4 Å². The molecular weight excluding hydrogens is 256 g/mol. The fourth-order valence-electron chi connectivity index (χ4n) is 2.30. The van der Waals surface area contributed by atoms with E-state index in [4.69, 9.17) is 0 Å². The molecule has 8 heteroatoms.